The van der Waals surface area contributed by atoms with Gasteiger partial charge in [0.15, 0.2) is 0 Å². The molecular formula is C18H26N2O5S. The number of anilines is 1. The predicted molar refractivity (Wildman–Crippen MR) is 98.2 cm³/mol. The van der Waals surface area contributed by atoms with Crippen molar-refractivity contribution in [1.82, 2.24) is 4.72 Å². The van der Waals surface area contributed by atoms with E-state index in [1.807, 2.05) is 0 Å². The largest absolute Gasteiger partial charge is 0.481 e. The van der Waals surface area contributed by atoms with Crippen LogP contribution in [0.25, 0.3) is 0 Å². The number of benzene rings is 1. The van der Waals surface area contributed by atoms with E-state index in [0.29, 0.717) is 31.4 Å². The molecular weight excluding hydrogens is 356 g/mol. The van der Waals surface area contributed by atoms with Gasteiger partial charge in [-0.3, -0.25) is 9.59 Å². The lowest BCUT2D eigenvalue weighted by molar-refractivity contribution is -0.143. The summed E-state index contributed by atoms with van der Waals surface area (Å²) in [5, 5.41) is 11.8. The molecule has 0 unspecified atom stereocenters. The van der Waals surface area contributed by atoms with Gasteiger partial charge in [-0.2, -0.15) is 0 Å². The highest BCUT2D eigenvalue weighted by atomic mass is 32.2. The van der Waals surface area contributed by atoms with Crippen LogP contribution in [-0.4, -0.2) is 30.9 Å². The first-order valence-corrected chi connectivity index (χ1v) is 10.1. The molecule has 1 aromatic rings. The number of carbonyl (C=O) groups excluding carboxylic acids is 1. The Balaban J connectivity index is 2.05. The Bertz CT molecular complexity index is 775. The van der Waals surface area contributed by atoms with Crippen molar-refractivity contribution in [3.63, 3.8) is 0 Å². The number of nitrogens with one attached hydrogen (secondary N) is 2. The molecule has 7 nitrogen and oxygen atoms in total. The van der Waals surface area contributed by atoms with E-state index in [4.69, 9.17) is 5.11 Å². The summed E-state index contributed by atoms with van der Waals surface area (Å²) in [5.74, 6) is -1.64. The van der Waals surface area contributed by atoms with Crippen LogP contribution in [0.2, 0.25) is 0 Å². The lowest BCUT2D eigenvalue weighted by atomic mass is 9.81. The molecule has 0 aliphatic heterocycles. The zero-order valence-electron chi connectivity index (χ0n) is 15.3. The van der Waals surface area contributed by atoms with E-state index in [9.17, 15) is 18.0 Å². The van der Waals surface area contributed by atoms with Gasteiger partial charge in [-0.05, 0) is 64.7 Å². The molecule has 1 amide bonds. The number of sulfonamides is 1. The number of aliphatic carboxylic acids is 1. The molecule has 0 radical (unpaired) electrons. The molecule has 1 fully saturated rings. The molecule has 1 aliphatic rings. The van der Waals surface area contributed by atoms with Gasteiger partial charge < -0.3 is 10.4 Å². The van der Waals surface area contributed by atoms with Gasteiger partial charge >= 0.3 is 5.97 Å². The minimum Gasteiger partial charge on any atom is -0.481 e. The molecule has 0 heterocycles. The van der Waals surface area contributed by atoms with E-state index in [0.717, 1.165) is 0 Å². The summed E-state index contributed by atoms with van der Waals surface area (Å²) in [6, 6.07) is 6.11. The van der Waals surface area contributed by atoms with Crippen LogP contribution in [0.15, 0.2) is 29.2 Å². The molecule has 26 heavy (non-hydrogen) atoms. The highest BCUT2D eigenvalue weighted by Gasteiger charge is 2.30. The van der Waals surface area contributed by atoms with Gasteiger partial charge in [-0.1, -0.05) is 6.07 Å². The number of carboxylic acids is 1. The smallest absolute Gasteiger partial charge is 0.306 e. The summed E-state index contributed by atoms with van der Waals surface area (Å²) in [4.78, 5) is 23.5. The first-order valence-electron chi connectivity index (χ1n) is 8.66. The Hall–Kier alpha value is -1.93. The van der Waals surface area contributed by atoms with Gasteiger partial charge in [0, 0.05) is 17.1 Å². The third-order valence-electron chi connectivity index (χ3n) is 4.30. The van der Waals surface area contributed by atoms with E-state index in [1.165, 1.54) is 12.1 Å². The second-order valence-corrected chi connectivity index (χ2v) is 9.44. The molecule has 0 aromatic heterocycles. The normalized spacial score (nSPS) is 21.2. The molecule has 0 bridgehead atoms. The lowest BCUT2D eigenvalue weighted by Gasteiger charge is -2.25. The highest BCUT2D eigenvalue weighted by molar-refractivity contribution is 7.89. The number of rotatable bonds is 5. The second kappa shape index (κ2) is 7.75. The zero-order chi connectivity index (χ0) is 19.5. The number of carboxylic acid groups (broad SMARTS) is 1. The molecule has 2 rings (SSSR count). The van der Waals surface area contributed by atoms with Crippen LogP contribution in [0.3, 0.4) is 0 Å². The summed E-state index contributed by atoms with van der Waals surface area (Å²) < 4.78 is 27.4. The Morgan fingerprint density at radius 3 is 2.19 bits per heavy atom. The summed E-state index contributed by atoms with van der Waals surface area (Å²) in [5.41, 5.74) is -0.201. The third kappa shape index (κ3) is 5.54. The van der Waals surface area contributed by atoms with Gasteiger partial charge in [0.2, 0.25) is 15.9 Å². The molecule has 3 N–H and O–H groups in total. The van der Waals surface area contributed by atoms with Crippen molar-refractivity contribution in [3.05, 3.63) is 24.3 Å². The Kier molecular flexibility index (Phi) is 6.08. The van der Waals surface area contributed by atoms with Crippen molar-refractivity contribution in [3.8, 4) is 0 Å². The van der Waals surface area contributed by atoms with E-state index in [2.05, 4.69) is 10.0 Å². The minimum absolute atomic E-state index is 0.0832. The van der Waals surface area contributed by atoms with E-state index in [1.54, 1.807) is 32.9 Å². The predicted octanol–water partition coefficient (Wildman–Crippen LogP) is 2.59. The molecule has 1 aromatic carbocycles. The Morgan fingerprint density at radius 2 is 1.65 bits per heavy atom. The summed E-state index contributed by atoms with van der Waals surface area (Å²) in [6.07, 6.45) is 2.01. The topological polar surface area (TPSA) is 113 Å². The van der Waals surface area contributed by atoms with Crippen molar-refractivity contribution in [1.29, 1.82) is 0 Å². The molecule has 144 valence electrons. The van der Waals surface area contributed by atoms with Gasteiger partial charge in [0.05, 0.1) is 10.8 Å². The Labute approximate surface area is 154 Å². The highest BCUT2D eigenvalue weighted by Crippen LogP contribution is 2.30. The van der Waals surface area contributed by atoms with Crippen LogP contribution >= 0.6 is 0 Å². The van der Waals surface area contributed by atoms with Crippen LogP contribution in [0.5, 0.6) is 0 Å². The number of hydrogen-bond acceptors (Lipinski definition) is 4. The van der Waals surface area contributed by atoms with Crippen LogP contribution < -0.4 is 10.0 Å². The first-order chi connectivity index (χ1) is 12.0. The fraction of sp³-hybridized carbons (Fsp3) is 0.556. The van der Waals surface area contributed by atoms with Crippen LogP contribution in [0.1, 0.15) is 46.5 Å². The summed E-state index contributed by atoms with van der Waals surface area (Å²) >= 11 is 0. The van der Waals surface area contributed by atoms with E-state index < -0.39 is 21.5 Å². The van der Waals surface area contributed by atoms with Crippen molar-refractivity contribution >= 4 is 27.6 Å². The standard InChI is InChI=1S/C18H26N2O5S/c1-18(2,3)20-26(24,25)15-6-4-5-14(11-15)19-16(21)12-7-9-13(10-8-12)17(22)23/h4-6,11-13,20H,7-10H2,1-3H3,(H,19,21)(H,22,23). The maximum Gasteiger partial charge on any atom is 0.306 e. The third-order valence-corrected chi connectivity index (χ3v) is 6.06. The molecule has 1 saturated carbocycles. The van der Waals surface area contributed by atoms with Gasteiger partial charge in [-0.25, -0.2) is 13.1 Å². The number of amides is 1. The molecule has 0 spiro atoms. The molecule has 0 saturated heterocycles. The van der Waals surface area contributed by atoms with Crippen LogP contribution in [0, 0.1) is 11.8 Å². The lowest BCUT2D eigenvalue weighted by Crippen LogP contribution is -2.40. The van der Waals surface area contributed by atoms with Crippen molar-refractivity contribution in [2.75, 3.05) is 5.32 Å². The first kappa shape index (κ1) is 20.4. The van der Waals surface area contributed by atoms with Crippen molar-refractivity contribution < 1.29 is 23.1 Å². The van der Waals surface area contributed by atoms with E-state index in [-0.39, 0.29) is 22.6 Å². The summed E-state index contributed by atoms with van der Waals surface area (Å²) in [7, 11) is -3.68. The van der Waals surface area contributed by atoms with Gasteiger partial charge in [0.25, 0.3) is 0 Å². The maximum absolute atomic E-state index is 12.4. The van der Waals surface area contributed by atoms with Crippen LogP contribution in [-0.2, 0) is 19.6 Å². The fourth-order valence-electron chi connectivity index (χ4n) is 3.05. The minimum atomic E-state index is -3.68. The fourth-order valence-corrected chi connectivity index (χ4v) is 4.51. The van der Waals surface area contributed by atoms with Crippen LogP contribution in [0.4, 0.5) is 5.69 Å². The monoisotopic (exact) mass is 382 g/mol. The second-order valence-electron chi connectivity index (χ2n) is 7.76. The zero-order valence-corrected chi connectivity index (χ0v) is 16.1. The van der Waals surface area contributed by atoms with Gasteiger partial charge in [-0.15, -0.1) is 0 Å². The average molecular weight is 382 g/mol. The molecule has 0 atom stereocenters. The molecule has 8 heteroatoms. The maximum atomic E-state index is 12.4. The van der Waals surface area contributed by atoms with E-state index >= 15 is 0 Å². The number of hydrogen-bond donors (Lipinski definition) is 3. The average Bonchev–Trinajstić information content (AvgIpc) is 2.53. The quantitative estimate of drug-likeness (QED) is 0.724. The van der Waals surface area contributed by atoms with Crippen molar-refractivity contribution in [2.45, 2.75) is 56.9 Å². The SMILES string of the molecule is CC(C)(C)NS(=O)(=O)c1cccc(NC(=O)C2CCC(C(=O)O)CC2)c1. The molecule has 1 aliphatic carbocycles. The Morgan fingerprint density at radius 1 is 1.08 bits per heavy atom. The summed E-state index contributed by atoms with van der Waals surface area (Å²) in [6.45, 7) is 5.26. The number of carbonyl (C=O) groups is 2. The van der Waals surface area contributed by atoms with Crippen molar-refractivity contribution in [2.24, 2.45) is 11.8 Å². The van der Waals surface area contributed by atoms with Gasteiger partial charge in [0.1, 0.15) is 0 Å².